The van der Waals surface area contributed by atoms with Gasteiger partial charge in [-0.25, -0.2) is 4.79 Å². The van der Waals surface area contributed by atoms with Crippen molar-refractivity contribution in [1.82, 2.24) is 20.9 Å². The number of fused-ring (bicyclic) bond motifs is 1. The lowest BCUT2D eigenvalue weighted by Gasteiger charge is -2.23. The number of hydrogen-bond donors (Lipinski definition) is 8. The van der Waals surface area contributed by atoms with Crippen molar-refractivity contribution in [2.24, 2.45) is 11.5 Å². The summed E-state index contributed by atoms with van der Waals surface area (Å²) in [5.41, 5.74) is 12.1. The van der Waals surface area contributed by atoms with Crippen molar-refractivity contribution in [3.8, 4) is 0 Å². The Balaban J connectivity index is 2.04. The van der Waals surface area contributed by atoms with Gasteiger partial charge in [-0.15, -0.1) is 0 Å². The summed E-state index contributed by atoms with van der Waals surface area (Å²) in [6.45, 7) is 0.673. The second-order valence-corrected chi connectivity index (χ2v) is 8.05. The first-order valence-electron chi connectivity index (χ1n) is 10.9. The fourth-order valence-corrected chi connectivity index (χ4v) is 3.31. The molecule has 4 amide bonds. The second-order valence-electron chi connectivity index (χ2n) is 8.05. The fourth-order valence-electron chi connectivity index (χ4n) is 3.31. The number of para-hydroxylation sites is 1. The van der Waals surface area contributed by atoms with Crippen LogP contribution in [0.25, 0.3) is 10.9 Å². The third kappa shape index (κ3) is 7.79. The van der Waals surface area contributed by atoms with E-state index >= 15 is 0 Å². The maximum absolute atomic E-state index is 12.7. The molecule has 4 unspecified atom stereocenters. The third-order valence-corrected chi connectivity index (χ3v) is 5.31. The topological polar surface area (TPSA) is 230 Å². The van der Waals surface area contributed by atoms with Gasteiger partial charge in [-0.3, -0.25) is 19.2 Å². The average molecular weight is 491 g/mol. The Hall–Kier alpha value is -3.97. The SMILES string of the molecule is CC(NC(=O)C(CCC(N)=O)NC(=O)C(N)CO)C(=O)NC(Cc1c[nH]c2ccccc12)C(=O)O. The lowest BCUT2D eigenvalue weighted by molar-refractivity contribution is -0.142. The van der Waals surface area contributed by atoms with Gasteiger partial charge in [-0.2, -0.15) is 0 Å². The second kappa shape index (κ2) is 12.5. The number of H-pyrrole nitrogens is 1. The molecule has 0 spiro atoms. The molecule has 13 nitrogen and oxygen atoms in total. The highest BCUT2D eigenvalue weighted by molar-refractivity contribution is 5.94. The molecule has 0 saturated carbocycles. The fraction of sp³-hybridized carbons (Fsp3) is 0.409. The Kier molecular flexibility index (Phi) is 9.73. The first-order valence-corrected chi connectivity index (χ1v) is 10.9. The zero-order chi connectivity index (χ0) is 26.1. The van der Waals surface area contributed by atoms with Gasteiger partial charge < -0.3 is 42.6 Å². The molecule has 4 atom stereocenters. The summed E-state index contributed by atoms with van der Waals surface area (Å²) >= 11 is 0. The predicted octanol–water partition coefficient (Wildman–Crippen LogP) is -2.15. The van der Waals surface area contributed by atoms with E-state index < -0.39 is 60.4 Å². The number of primary amides is 1. The Labute approximate surface area is 200 Å². The van der Waals surface area contributed by atoms with E-state index in [1.807, 2.05) is 24.3 Å². The summed E-state index contributed by atoms with van der Waals surface area (Å²) in [6.07, 6.45) is 1.26. The number of hydrogen-bond acceptors (Lipinski definition) is 7. The summed E-state index contributed by atoms with van der Waals surface area (Å²) in [5, 5.41) is 26.5. The zero-order valence-corrected chi connectivity index (χ0v) is 19.1. The number of carboxylic acid groups (broad SMARTS) is 1. The molecular formula is C22H30N6O7. The van der Waals surface area contributed by atoms with Crippen molar-refractivity contribution in [1.29, 1.82) is 0 Å². The van der Waals surface area contributed by atoms with Crippen molar-refractivity contribution in [3.63, 3.8) is 0 Å². The molecule has 0 bridgehead atoms. The van der Waals surface area contributed by atoms with Gasteiger partial charge in [0.1, 0.15) is 24.2 Å². The van der Waals surface area contributed by atoms with Gasteiger partial charge in [0.05, 0.1) is 6.61 Å². The number of nitrogens with one attached hydrogen (secondary N) is 4. The number of rotatable bonds is 13. The predicted molar refractivity (Wildman–Crippen MR) is 125 cm³/mol. The lowest BCUT2D eigenvalue weighted by Crippen LogP contribution is -2.57. The molecule has 0 aliphatic rings. The number of carboxylic acids is 1. The van der Waals surface area contributed by atoms with Gasteiger partial charge in [0.25, 0.3) is 0 Å². The zero-order valence-electron chi connectivity index (χ0n) is 19.1. The van der Waals surface area contributed by atoms with Crippen LogP contribution in [-0.2, 0) is 30.4 Å². The molecule has 2 aromatic rings. The summed E-state index contributed by atoms with van der Waals surface area (Å²) in [6, 6.07) is 2.32. The highest BCUT2D eigenvalue weighted by Gasteiger charge is 2.29. The average Bonchev–Trinajstić information content (AvgIpc) is 3.22. The molecule has 0 saturated heterocycles. The number of aliphatic hydroxyl groups is 1. The third-order valence-electron chi connectivity index (χ3n) is 5.31. The monoisotopic (exact) mass is 490 g/mol. The van der Waals surface area contributed by atoms with Crippen LogP contribution < -0.4 is 27.4 Å². The van der Waals surface area contributed by atoms with Crippen molar-refractivity contribution in [2.45, 2.75) is 50.4 Å². The molecule has 0 aliphatic carbocycles. The smallest absolute Gasteiger partial charge is 0.326 e. The Bertz CT molecular complexity index is 1090. The van der Waals surface area contributed by atoms with Crippen LogP contribution in [0.4, 0.5) is 0 Å². The molecule has 13 heteroatoms. The van der Waals surface area contributed by atoms with E-state index in [0.29, 0.717) is 5.56 Å². The Morgan fingerprint density at radius 1 is 1.00 bits per heavy atom. The number of aliphatic hydroxyl groups excluding tert-OH is 1. The highest BCUT2D eigenvalue weighted by atomic mass is 16.4. The van der Waals surface area contributed by atoms with Crippen molar-refractivity contribution < 1.29 is 34.2 Å². The number of amides is 4. The van der Waals surface area contributed by atoms with Crippen LogP contribution >= 0.6 is 0 Å². The standard InChI is InChI=1S/C22H30N6O7/c1-11(26-21(33)16(6-7-18(24)30)27-20(32)14(23)10-29)19(31)28-17(22(34)35)8-12-9-25-15-5-3-2-4-13(12)15/h2-5,9,11,14,16-17,25,29H,6-8,10,23H2,1H3,(H2,24,30)(H,26,33)(H,27,32)(H,28,31)(H,34,35). The summed E-state index contributed by atoms with van der Waals surface area (Å²) in [5.74, 6) is -4.38. The maximum atomic E-state index is 12.7. The molecule has 1 heterocycles. The molecule has 2 rings (SSSR count). The number of carbonyl (C=O) groups is 5. The molecule has 0 radical (unpaired) electrons. The van der Waals surface area contributed by atoms with E-state index in [-0.39, 0.29) is 19.3 Å². The molecule has 1 aromatic heterocycles. The lowest BCUT2D eigenvalue weighted by atomic mass is 10.0. The number of aromatic amines is 1. The van der Waals surface area contributed by atoms with E-state index in [1.165, 1.54) is 6.92 Å². The summed E-state index contributed by atoms with van der Waals surface area (Å²) < 4.78 is 0. The van der Waals surface area contributed by atoms with Gasteiger partial charge in [-0.05, 0) is 25.0 Å². The van der Waals surface area contributed by atoms with Gasteiger partial charge in [-0.1, -0.05) is 18.2 Å². The number of aromatic nitrogens is 1. The molecule has 0 aliphatic heterocycles. The minimum atomic E-state index is -1.29. The van der Waals surface area contributed by atoms with Gasteiger partial charge in [0.15, 0.2) is 0 Å². The van der Waals surface area contributed by atoms with Crippen LogP contribution in [0.1, 0.15) is 25.3 Å². The number of aliphatic carboxylic acids is 1. The van der Waals surface area contributed by atoms with Crippen LogP contribution in [0.5, 0.6) is 0 Å². The van der Waals surface area contributed by atoms with Crippen LogP contribution in [0.15, 0.2) is 30.5 Å². The number of nitrogens with two attached hydrogens (primary N) is 2. The number of carbonyl (C=O) groups excluding carboxylic acids is 4. The molecule has 35 heavy (non-hydrogen) atoms. The van der Waals surface area contributed by atoms with E-state index in [2.05, 4.69) is 20.9 Å². The van der Waals surface area contributed by atoms with Crippen molar-refractivity contribution >= 4 is 40.5 Å². The van der Waals surface area contributed by atoms with Gasteiger partial charge in [0.2, 0.25) is 23.6 Å². The Morgan fingerprint density at radius 3 is 2.29 bits per heavy atom. The van der Waals surface area contributed by atoms with Crippen LogP contribution in [0.3, 0.4) is 0 Å². The van der Waals surface area contributed by atoms with Crippen LogP contribution in [0.2, 0.25) is 0 Å². The normalized spacial score (nSPS) is 14.4. The minimum absolute atomic E-state index is 0.00208. The number of benzene rings is 1. The van der Waals surface area contributed by atoms with E-state index in [9.17, 15) is 29.1 Å². The molecule has 0 fully saturated rings. The van der Waals surface area contributed by atoms with E-state index in [1.54, 1.807) is 6.20 Å². The minimum Gasteiger partial charge on any atom is -0.480 e. The van der Waals surface area contributed by atoms with Crippen molar-refractivity contribution in [3.05, 3.63) is 36.0 Å². The molecular weight excluding hydrogens is 460 g/mol. The molecule has 10 N–H and O–H groups in total. The van der Waals surface area contributed by atoms with Crippen molar-refractivity contribution in [2.75, 3.05) is 6.61 Å². The quantitative estimate of drug-likeness (QED) is 0.154. The van der Waals surface area contributed by atoms with E-state index in [0.717, 1.165) is 10.9 Å². The Morgan fingerprint density at radius 2 is 1.66 bits per heavy atom. The first-order chi connectivity index (χ1) is 16.5. The van der Waals surface area contributed by atoms with Crippen LogP contribution in [-0.4, -0.2) is 75.6 Å². The maximum Gasteiger partial charge on any atom is 0.326 e. The summed E-state index contributed by atoms with van der Waals surface area (Å²) in [4.78, 5) is 63.2. The molecule has 1 aromatic carbocycles. The molecule has 190 valence electrons. The first kappa shape index (κ1) is 27.3. The van der Waals surface area contributed by atoms with E-state index in [4.69, 9.17) is 16.6 Å². The largest absolute Gasteiger partial charge is 0.480 e. The van der Waals surface area contributed by atoms with Crippen LogP contribution in [0, 0.1) is 0 Å². The van der Waals surface area contributed by atoms with Gasteiger partial charge >= 0.3 is 5.97 Å². The van der Waals surface area contributed by atoms with Gasteiger partial charge in [0, 0.05) is 29.9 Å². The highest BCUT2D eigenvalue weighted by Crippen LogP contribution is 2.19. The summed E-state index contributed by atoms with van der Waals surface area (Å²) in [7, 11) is 0.